The molecule has 0 unspecified atom stereocenters. The van der Waals surface area contributed by atoms with E-state index in [2.05, 4.69) is 5.10 Å². The zero-order valence-corrected chi connectivity index (χ0v) is 6.58. The number of nitrogens with zero attached hydrogens (tertiary/aromatic N) is 2. The lowest BCUT2D eigenvalue weighted by Gasteiger charge is -1.95. The summed E-state index contributed by atoms with van der Waals surface area (Å²) in [5.74, 6) is 0.669. The lowest BCUT2D eigenvalue weighted by atomic mass is 10.4. The van der Waals surface area contributed by atoms with E-state index in [0.717, 1.165) is 5.52 Å². The third kappa shape index (κ3) is 1.14. The molecule has 0 saturated carbocycles. The third-order valence-electron chi connectivity index (χ3n) is 1.45. The molecular weight excluding hydrogens is 162 g/mol. The van der Waals surface area contributed by atoms with Crippen molar-refractivity contribution in [3.63, 3.8) is 0 Å². The van der Waals surface area contributed by atoms with Crippen LogP contribution in [0.1, 0.15) is 0 Å². The van der Waals surface area contributed by atoms with Gasteiger partial charge in [-0.15, -0.1) is 12.4 Å². The molecule has 2 aromatic heterocycles. The minimum atomic E-state index is 0. The zero-order chi connectivity index (χ0) is 6.97. The average Bonchev–Trinajstić information content (AvgIpc) is 2.36. The van der Waals surface area contributed by atoms with Crippen molar-refractivity contribution in [1.82, 2.24) is 9.61 Å². The molecule has 2 rings (SSSR count). The molecule has 0 aliphatic rings. The molecule has 58 valence electrons. The SMILES string of the molecule is Cl.Nc1cccc2ccnn12. The van der Waals surface area contributed by atoms with Gasteiger partial charge in [0.25, 0.3) is 0 Å². The molecule has 0 atom stereocenters. The van der Waals surface area contributed by atoms with Gasteiger partial charge in [0.15, 0.2) is 0 Å². The molecule has 3 nitrogen and oxygen atoms in total. The monoisotopic (exact) mass is 169 g/mol. The zero-order valence-electron chi connectivity index (χ0n) is 5.77. The summed E-state index contributed by atoms with van der Waals surface area (Å²) in [4.78, 5) is 0. The Hall–Kier alpha value is -1.22. The standard InChI is InChI=1S/C7H7N3.ClH/c8-7-3-1-2-6-4-5-9-10(6)7;/h1-5H,8H2;1H. The van der Waals surface area contributed by atoms with E-state index in [1.165, 1.54) is 0 Å². The largest absolute Gasteiger partial charge is 0.384 e. The Morgan fingerprint density at radius 1 is 1.27 bits per heavy atom. The number of halogens is 1. The number of hydrogen-bond donors (Lipinski definition) is 1. The highest BCUT2D eigenvalue weighted by molar-refractivity contribution is 5.85. The number of pyridine rings is 1. The molecule has 2 heterocycles. The van der Waals surface area contributed by atoms with Crippen LogP contribution in [0.15, 0.2) is 30.5 Å². The van der Waals surface area contributed by atoms with Crippen molar-refractivity contribution in [3.8, 4) is 0 Å². The van der Waals surface area contributed by atoms with Crippen molar-refractivity contribution in [2.75, 3.05) is 5.73 Å². The fourth-order valence-electron chi connectivity index (χ4n) is 0.971. The summed E-state index contributed by atoms with van der Waals surface area (Å²) >= 11 is 0. The molecule has 0 aliphatic carbocycles. The summed E-state index contributed by atoms with van der Waals surface area (Å²) in [7, 11) is 0. The minimum Gasteiger partial charge on any atom is -0.384 e. The van der Waals surface area contributed by atoms with Crippen LogP contribution in [0.25, 0.3) is 5.52 Å². The second-order valence-corrected chi connectivity index (χ2v) is 2.12. The second kappa shape index (κ2) is 2.80. The lowest BCUT2D eigenvalue weighted by Crippen LogP contribution is -1.96. The van der Waals surface area contributed by atoms with Crippen molar-refractivity contribution < 1.29 is 0 Å². The van der Waals surface area contributed by atoms with Gasteiger partial charge < -0.3 is 5.73 Å². The number of rotatable bonds is 0. The Kier molecular flexibility index (Phi) is 2.01. The first-order valence-corrected chi connectivity index (χ1v) is 3.06. The Bertz CT molecular complexity index is 355. The van der Waals surface area contributed by atoms with E-state index >= 15 is 0 Å². The molecule has 0 aromatic carbocycles. The van der Waals surface area contributed by atoms with Gasteiger partial charge in [0, 0.05) is 0 Å². The molecule has 2 N–H and O–H groups in total. The van der Waals surface area contributed by atoms with Crippen molar-refractivity contribution in [1.29, 1.82) is 0 Å². The summed E-state index contributed by atoms with van der Waals surface area (Å²) in [6.07, 6.45) is 1.73. The van der Waals surface area contributed by atoms with E-state index in [9.17, 15) is 0 Å². The van der Waals surface area contributed by atoms with E-state index in [1.54, 1.807) is 10.7 Å². The topological polar surface area (TPSA) is 43.3 Å². The van der Waals surface area contributed by atoms with Gasteiger partial charge >= 0.3 is 0 Å². The van der Waals surface area contributed by atoms with Crippen LogP contribution in [0.4, 0.5) is 5.82 Å². The average molecular weight is 170 g/mol. The fraction of sp³-hybridized carbons (Fsp3) is 0. The summed E-state index contributed by atoms with van der Waals surface area (Å²) in [6.45, 7) is 0. The highest BCUT2D eigenvalue weighted by Gasteiger charge is 1.92. The first-order valence-electron chi connectivity index (χ1n) is 3.06. The molecule has 0 fully saturated rings. The first-order chi connectivity index (χ1) is 4.88. The van der Waals surface area contributed by atoms with Gasteiger partial charge in [-0.3, -0.25) is 0 Å². The van der Waals surface area contributed by atoms with Gasteiger partial charge in [0.1, 0.15) is 5.82 Å². The van der Waals surface area contributed by atoms with Gasteiger partial charge in [0.2, 0.25) is 0 Å². The summed E-state index contributed by atoms with van der Waals surface area (Å²) in [5, 5.41) is 4.01. The number of anilines is 1. The van der Waals surface area contributed by atoms with Crippen LogP contribution in [-0.2, 0) is 0 Å². The predicted molar refractivity (Wildman–Crippen MR) is 46.9 cm³/mol. The maximum atomic E-state index is 5.60. The Morgan fingerprint density at radius 2 is 2.09 bits per heavy atom. The van der Waals surface area contributed by atoms with Crippen molar-refractivity contribution in [2.45, 2.75) is 0 Å². The predicted octanol–water partition coefficient (Wildman–Crippen LogP) is 1.34. The van der Waals surface area contributed by atoms with E-state index in [-0.39, 0.29) is 12.4 Å². The number of fused-ring (bicyclic) bond motifs is 1. The highest BCUT2D eigenvalue weighted by Crippen LogP contribution is 2.06. The normalized spacial score (nSPS) is 9.45. The number of aromatic nitrogens is 2. The van der Waals surface area contributed by atoms with Crippen LogP contribution in [0.2, 0.25) is 0 Å². The van der Waals surface area contributed by atoms with Crippen LogP contribution < -0.4 is 5.73 Å². The van der Waals surface area contributed by atoms with Crippen LogP contribution in [0, 0.1) is 0 Å². The highest BCUT2D eigenvalue weighted by atomic mass is 35.5. The lowest BCUT2D eigenvalue weighted by molar-refractivity contribution is 0.974. The van der Waals surface area contributed by atoms with Crippen LogP contribution in [0.5, 0.6) is 0 Å². The molecular formula is C7H8ClN3. The van der Waals surface area contributed by atoms with Gasteiger partial charge in [-0.05, 0) is 18.2 Å². The molecule has 0 spiro atoms. The molecule has 11 heavy (non-hydrogen) atoms. The van der Waals surface area contributed by atoms with Gasteiger partial charge in [0.05, 0.1) is 11.7 Å². The Labute approximate surface area is 70.2 Å². The summed E-state index contributed by atoms with van der Waals surface area (Å²) in [6, 6.07) is 7.60. The Balaban J connectivity index is 0.000000605. The quantitative estimate of drug-likeness (QED) is 0.647. The molecule has 0 radical (unpaired) electrons. The maximum Gasteiger partial charge on any atom is 0.125 e. The third-order valence-corrected chi connectivity index (χ3v) is 1.45. The van der Waals surface area contributed by atoms with Gasteiger partial charge in [-0.2, -0.15) is 5.10 Å². The van der Waals surface area contributed by atoms with Crippen molar-refractivity contribution in [2.24, 2.45) is 0 Å². The summed E-state index contributed by atoms with van der Waals surface area (Å²) < 4.78 is 1.69. The van der Waals surface area contributed by atoms with Crippen LogP contribution in [-0.4, -0.2) is 9.61 Å². The molecule has 0 bridgehead atoms. The number of nitrogens with two attached hydrogens (primary N) is 1. The Morgan fingerprint density at radius 3 is 2.82 bits per heavy atom. The minimum absolute atomic E-state index is 0. The van der Waals surface area contributed by atoms with Crippen LogP contribution in [0.3, 0.4) is 0 Å². The van der Waals surface area contributed by atoms with E-state index in [4.69, 9.17) is 5.73 Å². The van der Waals surface area contributed by atoms with E-state index < -0.39 is 0 Å². The molecule has 0 amide bonds. The second-order valence-electron chi connectivity index (χ2n) is 2.12. The first kappa shape index (κ1) is 7.88. The van der Waals surface area contributed by atoms with E-state index in [1.807, 2.05) is 24.3 Å². The molecule has 0 saturated heterocycles. The van der Waals surface area contributed by atoms with Crippen LogP contribution >= 0.6 is 12.4 Å². The number of nitrogen functional groups attached to an aromatic ring is 1. The van der Waals surface area contributed by atoms with E-state index in [0.29, 0.717) is 5.82 Å². The van der Waals surface area contributed by atoms with Crippen molar-refractivity contribution in [3.05, 3.63) is 30.5 Å². The summed E-state index contributed by atoms with van der Waals surface area (Å²) in [5.41, 5.74) is 6.63. The number of hydrogen-bond acceptors (Lipinski definition) is 2. The van der Waals surface area contributed by atoms with Gasteiger partial charge in [-0.1, -0.05) is 6.07 Å². The van der Waals surface area contributed by atoms with Crippen molar-refractivity contribution >= 4 is 23.7 Å². The smallest absolute Gasteiger partial charge is 0.125 e. The van der Waals surface area contributed by atoms with Gasteiger partial charge in [-0.25, -0.2) is 4.52 Å². The molecule has 0 aliphatic heterocycles. The maximum absolute atomic E-state index is 5.60. The molecule has 4 heteroatoms. The molecule has 2 aromatic rings. The fourth-order valence-corrected chi connectivity index (χ4v) is 0.971.